The number of aromatic nitrogens is 3. The summed E-state index contributed by atoms with van der Waals surface area (Å²) in [5.41, 5.74) is 2.83. The molecule has 0 unspecified atom stereocenters. The quantitative estimate of drug-likeness (QED) is 0.458. The number of methoxy groups -OCH3 is 1. The van der Waals surface area contributed by atoms with E-state index in [0.29, 0.717) is 23.1 Å². The number of thioether (sulfide) groups is 1. The second kappa shape index (κ2) is 9.23. The maximum atomic E-state index is 12.3. The van der Waals surface area contributed by atoms with Crippen molar-refractivity contribution >= 4 is 23.4 Å². The van der Waals surface area contributed by atoms with Gasteiger partial charge in [-0.2, -0.15) is 0 Å². The van der Waals surface area contributed by atoms with Gasteiger partial charge in [0.15, 0.2) is 11.0 Å². The van der Waals surface area contributed by atoms with Gasteiger partial charge in [0.2, 0.25) is 5.91 Å². The van der Waals surface area contributed by atoms with Gasteiger partial charge in [0, 0.05) is 23.9 Å². The molecule has 0 radical (unpaired) electrons. The van der Waals surface area contributed by atoms with Crippen LogP contribution in [0.1, 0.15) is 5.56 Å². The molecule has 0 aliphatic carbocycles. The van der Waals surface area contributed by atoms with Gasteiger partial charge in [-0.3, -0.25) is 9.36 Å². The largest absolute Gasteiger partial charge is 0.497 e. The lowest BCUT2D eigenvalue weighted by atomic mass is 10.1. The highest BCUT2D eigenvalue weighted by atomic mass is 32.2. The van der Waals surface area contributed by atoms with Gasteiger partial charge in [-0.15, -0.1) is 16.8 Å². The van der Waals surface area contributed by atoms with Crippen LogP contribution in [0.3, 0.4) is 0 Å². The second-order valence-electron chi connectivity index (χ2n) is 6.14. The van der Waals surface area contributed by atoms with Crippen molar-refractivity contribution in [1.82, 2.24) is 14.8 Å². The van der Waals surface area contributed by atoms with Crippen LogP contribution in [-0.2, 0) is 11.3 Å². The van der Waals surface area contributed by atoms with Crippen molar-refractivity contribution in [3.05, 3.63) is 66.7 Å². The highest BCUT2D eigenvalue weighted by molar-refractivity contribution is 7.99. The van der Waals surface area contributed by atoms with Gasteiger partial charge >= 0.3 is 0 Å². The van der Waals surface area contributed by atoms with Crippen molar-refractivity contribution in [2.45, 2.75) is 18.6 Å². The molecule has 0 spiro atoms. The Morgan fingerprint density at radius 2 is 2.07 bits per heavy atom. The van der Waals surface area contributed by atoms with Crippen LogP contribution in [0, 0.1) is 6.92 Å². The minimum absolute atomic E-state index is 0.122. The number of hydrogen-bond donors (Lipinski definition) is 1. The van der Waals surface area contributed by atoms with E-state index in [4.69, 9.17) is 4.74 Å². The molecule has 0 atom stereocenters. The van der Waals surface area contributed by atoms with Crippen molar-refractivity contribution in [2.24, 2.45) is 0 Å². The van der Waals surface area contributed by atoms with E-state index in [-0.39, 0.29) is 11.7 Å². The maximum Gasteiger partial charge on any atom is 0.234 e. The Bertz CT molecular complexity index is 984. The van der Waals surface area contributed by atoms with E-state index in [1.54, 1.807) is 19.3 Å². The molecule has 1 aromatic heterocycles. The van der Waals surface area contributed by atoms with Crippen LogP contribution >= 0.6 is 11.8 Å². The van der Waals surface area contributed by atoms with Crippen molar-refractivity contribution in [3.63, 3.8) is 0 Å². The number of nitrogens with one attached hydrogen (secondary N) is 1. The molecule has 0 saturated heterocycles. The number of rotatable bonds is 8. The number of ether oxygens (including phenoxy) is 1. The predicted molar refractivity (Wildman–Crippen MR) is 113 cm³/mol. The smallest absolute Gasteiger partial charge is 0.234 e. The standard InChI is InChI=1S/C21H22N4O2S/c1-4-11-25-20(16-8-5-7-15(2)12-16)23-24-21(25)28-14-19(26)22-17-9-6-10-18(13-17)27-3/h4-10,12-13H,1,11,14H2,2-3H3,(H,22,26). The topological polar surface area (TPSA) is 69.0 Å². The Morgan fingerprint density at radius 1 is 1.25 bits per heavy atom. The predicted octanol–water partition coefficient (Wildman–Crippen LogP) is 4.18. The lowest BCUT2D eigenvalue weighted by Crippen LogP contribution is -2.14. The molecule has 3 aromatic rings. The zero-order valence-electron chi connectivity index (χ0n) is 15.9. The molecular formula is C21H22N4O2S. The number of nitrogens with zero attached hydrogens (tertiary/aromatic N) is 3. The maximum absolute atomic E-state index is 12.3. The van der Waals surface area contributed by atoms with Crippen LogP contribution in [0.5, 0.6) is 5.75 Å². The van der Waals surface area contributed by atoms with E-state index in [1.807, 2.05) is 47.9 Å². The fourth-order valence-electron chi connectivity index (χ4n) is 2.71. The minimum atomic E-state index is -0.122. The van der Waals surface area contributed by atoms with E-state index in [0.717, 1.165) is 17.0 Å². The van der Waals surface area contributed by atoms with Crippen molar-refractivity contribution in [1.29, 1.82) is 0 Å². The summed E-state index contributed by atoms with van der Waals surface area (Å²) >= 11 is 1.34. The third-order valence-electron chi connectivity index (χ3n) is 3.99. The summed E-state index contributed by atoms with van der Waals surface area (Å²) < 4.78 is 7.14. The lowest BCUT2D eigenvalue weighted by molar-refractivity contribution is -0.113. The Morgan fingerprint density at radius 3 is 2.82 bits per heavy atom. The van der Waals surface area contributed by atoms with Crippen LogP contribution < -0.4 is 10.1 Å². The van der Waals surface area contributed by atoms with Crippen LogP contribution in [0.15, 0.2) is 66.3 Å². The third kappa shape index (κ3) is 4.80. The summed E-state index contributed by atoms with van der Waals surface area (Å²) in [6.07, 6.45) is 1.79. The Labute approximate surface area is 168 Å². The molecule has 0 aliphatic heterocycles. The van der Waals surface area contributed by atoms with Crippen LogP contribution in [0.25, 0.3) is 11.4 Å². The van der Waals surface area contributed by atoms with E-state index in [2.05, 4.69) is 28.2 Å². The van der Waals surface area contributed by atoms with E-state index in [1.165, 1.54) is 11.8 Å². The fourth-order valence-corrected chi connectivity index (χ4v) is 3.46. The highest BCUT2D eigenvalue weighted by Crippen LogP contribution is 2.25. The molecule has 0 fully saturated rings. The molecule has 0 saturated carbocycles. The molecule has 3 rings (SSSR count). The first kappa shape index (κ1) is 19.7. The van der Waals surface area contributed by atoms with Crippen LogP contribution in [-0.4, -0.2) is 33.5 Å². The molecule has 28 heavy (non-hydrogen) atoms. The van der Waals surface area contributed by atoms with E-state index < -0.39 is 0 Å². The Hall–Kier alpha value is -3.06. The van der Waals surface area contributed by atoms with Gasteiger partial charge in [-0.25, -0.2) is 0 Å². The zero-order valence-corrected chi connectivity index (χ0v) is 16.7. The summed E-state index contributed by atoms with van der Waals surface area (Å²) in [5, 5.41) is 12.1. The second-order valence-corrected chi connectivity index (χ2v) is 7.09. The number of anilines is 1. The number of amides is 1. The first-order valence-corrected chi connectivity index (χ1v) is 9.77. The van der Waals surface area contributed by atoms with E-state index in [9.17, 15) is 4.79 Å². The summed E-state index contributed by atoms with van der Waals surface area (Å²) in [6.45, 7) is 6.42. The molecule has 7 heteroatoms. The van der Waals surface area contributed by atoms with Crippen molar-refractivity contribution < 1.29 is 9.53 Å². The van der Waals surface area contributed by atoms with Gasteiger partial charge < -0.3 is 10.1 Å². The molecule has 144 valence electrons. The summed E-state index contributed by atoms with van der Waals surface area (Å²) in [4.78, 5) is 12.3. The summed E-state index contributed by atoms with van der Waals surface area (Å²) in [5.74, 6) is 1.56. The first-order chi connectivity index (χ1) is 13.6. The normalized spacial score (nSPS) is 10.5. The minimum Gasteiger partial charge on any atom is -0.497 e. The third-order valence-corrected chi connectivity index (χ3v) is 4.96. The molecule has 1 heterocycles. The zero-order chi connectivity index (χ0) is 19.9. The number of carbonyl (C=O) groups excluding carboxylic acids is 1. The van der Waals surface area contributed by atoms with Gasteiger partial charge in [0.1, 0.15) is 5.75 Å². The number of allylic oxidation sites excluding steroid dienone is 1. The summed E-state index contributed by atoms with van der Waals surface area (Å²) in [6, 6.07) is 15.3. The molecule has 1 N–H and O–H groups in total. The van der Waals surface area contributed by atoms with E-state index >= 15 is 0 Å². The average Bonchev–Trinajstić information content (AvgIpc) is 3.09. The molecule has 6 nitrogen and oxygen atoms in total. The Balaban J connectivity index is 1.71. The van der Waals surface area contributed by atoms with Gasteiger partial charge in [-0.05, 0) is 25.1 Å². The van der Waals surface area contributed by atoms with Crippen LogP contribution in [0.4, 0.5) is 5.69 Å². The van der Waals surface area contributed by atoms with Crippen molar-refractivity contribution in [3.8, 4) is 17.1 Å². The van der Waals surface area contributed by atoms with Gasteiger partial charge in [0.05, 0.1) is 12.9 Å². The van der Waals surface area contributed by atoms with Crippen molar-refractivity contribution in [2.75, 3.05) is 18.2 Å². The molecule has 0 bridgehead atoms. The number of aryl methyl sites for hydroxylation is 1. The monoisotopic (exact) mass is 394 g/mol. The molecule has 0 aliphatic rings. The van der Waals surface area contributed by atoms with Gasteiger partial charge in [-0.1, -0.05) is 47.7 Å². The molecule has 2 aromatic carbocycles. The van der Waals surface area contributed by atoms with Crippen LogP contribution in [0.2, 0.25) is 0 Å². The lowest BCUT2D eigenvalue weighted by Gasteiger charge is -2.09. The Kier molecular flexibility index (Phi) is 6.49. The number of carbonyl (C=O) groups is 1. The summed E-state index contributed by atoms with van der Waals surface area (Å²) in [7, 11) is 1.59. The number of benzene rings is 2. The number of hydrogen-bond acceptors (Lipinski definition) is 5. The average molecular weight is 395 g/mol. The molecular weight excluding hydrogens is 372 g/mol. The first-order valence-electron chi connectivity index (χ1n) is 8.78. The molecule has 1 amide bonds. The highest BCUT2D eigenvalue weighted by Gasteiger charge is 2.15. The SMILES string of the molecule is C=CCn1c(SCC(=O)Nc2cccc(OC)c2)nnc1-c1cccc(C)c1. The fraction of sp³-hybridized carbons (Fsp3) is 0.190. The van der Waals surface area contributed by atoms with Gasteiger partial charge in [0.25, 0.3) is 0 Å².